The Kier molecular flexibility index (Phi) is 7.41. The average molecular weight is 400 g/mol. The van der Waals surface area contributed by atoms with Gasteiger partial charge in [-0.15, -0.1) is 0 Å². The quantitative estimate of drug-likeness (QED) is 0.598. The van der Waals surface area contributed by atoms with Crippen molar-refractivity contribution in [2.75, 3.05) is 38.2 Å². The summed E-state index contributed by atoms with van der Waals surface area (Å²) in [4.78, 5) is 13.6. The second-order valence-corrected chi connectivity index (χ2v) is 7.30. The number of aromatic nitrogens is 1. The van der Waals surface area contributed by atoms with Crippen LogP contribution in [0.3, 0.4) is 0 Å². The van der Waals surface area contributed by atoms with Gasteiger partial charge in [0.05, 0.1) is 19.3 Å². The van der Waals surface area contributed by atoms with Crippen molar-refractivity contribution in [2.45, 2.75) is 33.0 Å². The Morgan fingerprint density at radius 1 is 1.31 bits per heavy atom. The number of ether oxygens (including phenoxy) is 1. The van der Waals surface area contributed by atoms with Crippen molar-refractivity contribution < 1.29 is 9.13 Å². The number of hydrogen-bond acceptors (Lipinski definition) is 4. The highest BCUT2D eigenvalue weighted by Crippen LogP contribution is 2.17. The van der Waals surface area contributed by atoms with Gasteiger partial charge in [-0.2, -0.15) is 0 Å². The van der Waals surface area contributed by atoms with Gasteiger partial charge in [0.25, 0.3) is 0 Å². The van der Waals surface area contributed by atoms with Crippen LogP contribution in [0.4, 0.5) is 10.2 Å². The minimum absolute atomic E-state index is 0.215. The van der Waals surface area contributed by atoms with Crippen molar-refractivity contribution in [3.8, 4) is 0 Å². The molecule has 2 aromatic rings. The average Bonchev–Trinajstić information content (AvgIpc) is 2.73. The molecule has 0 saturated carbocycles. The summed E-state index contributed by atoms with van der Waals surface area (Å²) in [5.74, 6) is 1.56. The molecule has 0 amide bonds. The predicted molar refractivity (Wildman–Crippen MR) is 115 cm³/mol. The van der Waals surface area contributed by atoms with Crippen LogP contribution >= 0.6 is 0 Å². The molecule has 1 aliphatic rings. The zero-order valence-corrected chi connectivity index (χ0v) is 17.4. The molecule has 1 unspecified atom stereocenters. The number of benzene rings is 1. The van der Waals surface area contributed by atoms with Crippen molar-refractivity contribution >= 4 is 11.8 Å². The van der Waals surface area contributed by atoms with Gasteiger partial charge in [0.1, 0.15) is 11.6 Å². The van der Waals surface area contributed by atoms with Crippen molar-refractivity contribution in [1.29, 1.82) is 0 Å². The third kappa shape index (κ3) is 6.15. The summed E-state index contributed by atoms with van der Waals surface area (Å²) in [5.41, 5.74) is 2.15. The maximum Gasteiger partial charge on any atom is 0.194 e. The van der Waals surface area contributed by atoms with Gasteiger partial charge in [0.2, 0.25) is 0 Å². The minimum Gasteiger partial charge on any atom is -0.375 e. The summed E-state index contributed by atoms with van der Waals surface area (Å²) in [6.07, 6.45) is 2.06. The number of aliphatic imine (C=N–C) groups is 1. The van der Waals surface area contributed by atoms with Gasteiger partial charge in [0.15, 0.2) is 5.96 Å². The van der Waals surface area contributed by atoms with E-state index in [2.05, 4.69) is 28.2 Å². The molecule has 1 aromatic heterocycles. The van der Waals surface area contributed by atoms with E-state index < -0.39 is 0 Å². The van der Waals surface area contributed by atoms with Crippen molar-refractivity contribution in [3.05, 3.63) is 59.5 Å². The Labute approximate surface area is 172 Å². The number of hydrogen-bond donors (Lipinski definition) is 1. The van der Waals surface area contributed by atoms with Crippen LogP contribution in [0.5, 0.6) is 0 Å². The summed E-state index contributed by atoms with van der Waals surface area (Å²) in [5, 5.41) is 3.33. The summed E-state index contributed by atoms with van der Waals surface area (Å²) in [6, 6.07) is 10.7. The third-order valence-electron chi connectivity index (χ3n) is 4.82. The first-order valence-electron chi connectivity index (χ1n) is 10.1. The minimum atomic E-state index is -0.222. The van der Waals surface area contributed by atoms with E-state index in [0.717, 1.165) is 49.1 Å². The van der Waals surface area contributed by atoms with Gasteiger partial charge in [-0.05, 0) is 49.2 Å². The van der Waals surface area contributed by atoms with Gasteiger partial charge in [0, 0.05) is 39.4 Å². The van der Waals surface area contributed by atoms with E-state index in [1.165, 1.54) is 12.1 Å². The normalized spacial score (nSPS) is 17.3. The van der Waals surface area contributed by atoms with Crippen molar-refractivity contribution in [3.63, 3.8) is 0 Å². The van der Waals surface area contributed by atoms with Crippen LogP contribution in [-0.4, -0.2) is 55.2 Å². The molecule has 1 aromatic carbocycles. The fourth-order valence-electron chi connectivity index (χ4n) is 3.33. The van der Waals surface area contributed by atoms with Crippen LogP contribution < -0.4 is 10.2 Å². The molecule has 1 fully saturated rings. The van der Waals surface area contributed by atoms with E-state index in [1.807, 2.05) is 31.1 Å². The van der Waals surface area contributed by atoms with E-state index in [4.69, 9.17) is 9.73 Å². The molecular weight excluding hydrogens is 369 g/mol. The smallest absolute Gasteiger partial charge is 0.194 e. The lowest BCUT2D eigenvalue weighted by Crippen LogP contribution is -2.41. The van der Waals surface area contributed by atoms with Crippen LogP contribution in [-0.2, 0) is 17.8 Å². The predicted octanol–water partition coefficient (Wildman–Crippen LogP) is 3.04. The molecule has 1 N–H and O–H groups in total. The standard InChI is InChI=1S/C22H30FN5O/c1-4-24-22(27(3)16-18-5-7-20(23)8-6-18)26-14-19-9-10-25-21(13-19)28-11-12-29-17(2)15-28/h5-10,13,17H,4,11-12,14-16H2,1-3H3,(H,24,26). The highest BCUT2D eigenvalue weighted by Gasteiger charge is 2.18. The van der Waals surface area contributed by atoms with Gasteiger partial charge < -0.3 is 19.9 Å². The van der Waals surface area contributed by atoms with Crippen molar-refractivity contribution in [2.24, 2.45) is 4.99 Å². The number of pyridine rings is 1. The number of guanidine groups is 1. The highest BCUT2D eigenvalue weighted by molar-refractivity contribution is 5.79. The summed E-state index contributed by atoms with van der Waals surface area (Å²) in [7, 11) is 1.98. The number of rotatable bonds is 6. The molecule has 1 aliphatic heterocycles. The maximum absolute atomic E-state index is 13.1. The molecule has 2 heterocycles. The van der Waals surface area contributed by atoms with E-state index >= 15 is 0 Å². The summed E-state index contributed by atoms with van der Waals surface area (Å²) >= 11 is 0. The molecule has 0 bridgehead atoms. The fourth-order valence-corrected chi connectivity index (χ4v) is 3.33. The SMILES string of the molecule is CCNC(=NCc1ccnc(N2CCOC(C)C2)c1)N(C)Cc1ccc(F)cc1. The van der Waals surface area contributed by atoms with E-state index in [-0.39, 0.29) is 11.9 Å². The van der Waals surface area contributed by atoms with Crippen molar-refractivity contribution in [1.82, 2.24) is 15.2 Å². The molecule has 0 radical (unpaired) electrons. The fraction of sp³-hybridized carbons (Fsp3) is 0.455. The Morgan fingerprint density at radius 3 is 2.83 bits per heavy atom. The number of halogens is 1. The molecule has 6 nitrogen and oxygen atoms in total. The summed E-state index contributed by atoms with van der Waals surface area (Å²) in [6.45, 7) is 8.55. The van der Waals surface area contributed by atoms with Crippen LogP contribution in [0.1, 0.15) is 25.0 Å². The third-order valence-corrected chi connectivity index (χ3v) is 4.82. The zero-order valence-electron chi connectivity index (χ0n) is 17.4. The topological polar surface area (TPSA) is 53.0 Å². The molecule has 0 spiro atoms. The molecule has 1 saturated heterocycles. The zero-order chi connectivity index (χ0) is 20.6. The maximum atomic E-state index is 13.1. The number of morpholine rings is 1. The lowest BCUT2D eigenvalue weighted by molar-refractivity contribution is 0.0529. The van der Waals surface area contributed by atoms with Gasteiger partial charge in [-0.1, -0.05) is 12.1 Å². The van der Waals surface area contributed by atoms with E-state index in [9.17, 15) is 4.39 Å². The van der Waals surface area contributed by atoms with Crippen LogP contribution in [0.15, 0.2) is 47.6 Å². The molecule has 7 heteroatoms. The number of nitrogens with one attached hydrogen (secondary N) is 1. The van der Waals surface area contributed by atoms with Gasteiger partial charge >= 0.3 is 0 Å². The Balaban J connectivity index is 1.67. The first-order chi connectivity index (χ1) is 14.0. The second-order valence-electron chi connectivity index (χ2n) is 7.30. The first kappa shape index (κ1) is 21.0. The highest BCUT2D eigenvalue weighted by atomic mass is 19.1. The van der Waals surface area contributed by atoms with Crippen LogP contribution in [0, 0.1) is 5.82 Å². The van der Waals surface area contributed by atoms with Gasteiger partial charge in [-0.25, -0.2) is 14.4 Å². The first-order valence-corrected chi connectivity index (χ1v) is 10.1. The monoisotopic (exact) mass is 399 g/mol. The van der Waals surface area contributed by atoms with E-state index in [1.54, 1.807) is 12.1 Å². The van der Waals surface area contributed by atoms with E-state index in [0.29, 0.717) is 13.1 Å². The Morgan fingerprint density at radius 2 is 2.10 bits per heavy atom. The largest absolute Gasteiger partial charge is 0.375 e. The Hall–Kier alpha value is -2.67. The second kappa shape index (κ2) is 10.2. The van der Waals surface area contributed by atoms with Crippen LogP contribution in [0.2, 0.25) is 0 Å². The Bertz CT molecular complexity index is 811. The number of nitrogens with zero attached hydrogens (tertiary/aromatic N) is 4. The summed E-state index contributed by atoms with van der Waals surface area (Å²) < 4.78 is 18.8. The van der Waals surface area contributed by atoms with Gasteiger partial charge in [-0.3, -0.25) is 0 Å². The molecule has 156 valence electrons. The molecular formula is C22H30FN5O. The molecule has 1 atom stereocenters. The molecule has 3 rings (SSSR count). The lowest BCUT2D eigenvalue weighted by Gasteiger charge is -2.32. The molecule has 29 heavy (non-hydrogen) atoms. The molecule has 0 aliphatic carbocycles. The number of anilines is 1. The van der Waals surface area contributed by atoms with Crippen LogP contribution in [0.25, 0.3) is 0 Å². The lowest BCUT2D eigenvalue weighted by atomic mass is 10.2.